The second-order valence-corrected chi connectivity index (χ2v) is 5.06. The summed E-state index contributed by atoms with van der Waals surface area (Å²) in [5.41, 5.74) is 0.916. The third-order valence-corrected chi connectivity index (χ3v) is 3.78. The lowest BCUT2D eigenvalue weighted by Crippen LogP contribution is -2.35. The molecule has 0 aliphatic carbocycles. The summed E-state index contributed by atoms with van der Waals surface area (Å²) in [5.74, 6) is -1.07. The predicted molar refractivity (Wildman–Crippen MR) is 72.4 cm³/mol. The topological polar surface area (TPSA) is 40.5 Å². The van der Waals surface area contributed by atoms with Gasteiger partial charge >= 0.3 is 5.97 Å². The summed E-state index contributed by atoms with van der Waals surface area (Å²) in [6.45, 7) is 1.32. The second kappa shape index (κ2) is 6.50. The van der Waals surface area contributed by atoms with E-state index in [2.05, 4.69) is 15.9 Å². The monoisotopic (exact) mass is 337 g/mol. The minimum absolute atomic E-state index is 0. The van der Waals surface area contributed by atoms with Gasteiger partial charge in [-0.3, -0.25) is 9.69 Å². The molecule has 1 aliphatic heterocycles. The number of carbonyl (C=O) groups is 1. The van der Waals surface area contributed by atoms with E-state index in [9.17, 15) is 9.18 Å². The van der Waals surface area contributed by atoms with Crippen molar-refractivity contribution in [2.75, 3.05) is 6.54 Å². The fourth-order valence-electron chi connectivity index (χ4n) is 2.16. The Morgan fingerprint density at radius 3 is 2.89 bits per heavy atom. The van der Waals surface area contributed by atoms with E-state index in [1.165, 1.54) is 12.1 Å². The van der Waals surface area contributed by atoms with Crippen LogP contribution in [0.1, 0.15) is 18.4 Å². The third kappa shape index (κ3) is 3.43. The molecular formula is C12H14BrClFNO2. The highest BCUT2D eigenvalue weighted by atomic mass is 79.9. The number of rotatable bonds is 3. The number of hydrogen-bond acceptors (Lipinski definition) is 2. The zero-order valence-electron chi connectivity index (χ0n) is 9.60. The molecule has 3 nitrogen and oxygen atoms in total. The third-order valence-electron chi connectivity index (χ3n) is 3.04. The lowest BCUT2D eigenvalue weighted by molar-refractivity contribution is -0.142. The van der Waals surface area contributed by atoms with Gasteiger partial charge < -0.3 is 5.11 Å². The van der Waals surface area contributed by atoms with Crippen molar-refractivity contribution in [1.29, 1.82) is 0 Å². The Bertz CT molecular complexity index is 444. The Morgan fingerprint density at radius 2 is 2.28 bits per heavy atom. The van der Waals surface area contributed by atoms with Crippen LogP contribution in [0, 0.1) is 5.82 Å². The van der Waals surface area contributed by atoms with Crippen LogP contribution in [0.25, 0.3) is 0 Å². The zero-order valence-corrected chi connectivity index (χ0v) is 12.0. The molecule has 1 N–H and O–H groups in total. The molecule has 1 fully saturated rings. The lowest BCUT2D eigenvalue weighted by Gasteiger charge is -2.21. The van der Waals surface area contributed by atoms with Gasteiger partial charge in [0.15, 0.2) is 0 Å². The lowest BCUT2D eigenvalue weighted by atomic mass is 10.2. The Balaban J connectivity index is 0.00000162. The highest BCUT2D eigenvalue weighted by molar-refractivity contribution is 9.10. The van der Waals surface area contributed by atoms with Gasteiger partial charge in [-0.1, -0.05) is 22.0 Å². The Kier molecular flexibility index (Phi) is 5.56. The summed E-state index contributed by atoms with van der Waals surface area (Å²) in [5, 5.41) is 9.06. The van der Waals surface area contributed by atoms with Crippen molar-refractivity contribution < 1.29 is 14.3 Å². The fraction of sp³-hybridized carbons (Fsp3) is 0.417. The standard InChI is InChI=1S/C12H13BrFNO2.ClH/c13-10-6-9(14)4-3-8(10)7-15-5-1-2-11(15)12(16)17;/h3-4,6,11H,1-2,5,7H2,(H,16,17);1H/t11-;/m1./s1. The van der Waals surface area contributed by atoms with Crippen LogP contribution >= 0.6 is 28.3 Å². The minimum Gasteiger partial charge on any atom is -0.480 e. The molecule has 0 radical (unpaired) electrons. The molecule has 0 bridgehead atoms. The Labute approximate surface area is 120 Å². The molecule has 0 aromatic heterocycles. The molecule has 1 aromatic rings. The largest absolute Gasteiger partial charge is 0.480 e. The number of hydrogen-bond donors (Lipinski definition) is 1. The molecule has 1 aliphatic rings. The van der Waals surface area contributed by atoms with Gasteiger partial charge in [0.25, 0.3) is 0 Å². The van der Waals surface area contributed by atoms with Crippen LogP contribution in [0.4, 0.5) is 4.39 Å². The van der Waals surface area contributed by atoms with Crippen LogP contribution in [0.5, 0.6) is 0 Å². The molecule has 1 aromatic carbocycles. The van der Waals surface area contributed by atoms with Gasteiger partial charge in [-0.25, -0.2) is 4.39 Å². The molecule has 18 heavy (non-hydrogen) atoms. The van der Waals surface area contributed by atoms with Crippen molar-refractivity contribution in [2.24, 2.45) is 0 Å². The maximum Gasteiger partial charge on any atom is 0.320 e. The number of halogens is 3. The Morgan fingerprint density at radius 1 is 1.56 bits per heavy atom. The number of aliphatic carboxylic acids is 1. The summed E-state index contributed by atoms with van der Waals surface area (Å²) in [6.07, 6.45) is 1.59. The summed E-state index contributed by atoms with van der Waals surface area (Å²) >= 11 is 3.30. The summed E-state index contributed by atoms with van der Waals surface area (Å²) < 4.78 is 13.6. The van der Waals surface area contributed by atoms with Gasteiger partial charge in [-0.15, -0.1) is 12.4 Å². The van der Waals surface area contributed by atoms with Crippen LogP contribution in [0.3, 0.4) is 0 Å². The van der Waals surface area contributed by atoms with Gasteiger partial charge in [-0.05, 0) is 37.1 Å². The summed E-state index contributed by atoms with van der Waals surface area (Å²) in [6, 6.07) is 4.08. The van der Waals surface area contributed by atoms with Gasteiger partial charge in [0.1, 0.15) is 11.9 Å². The molecular weight excluding hydrogens is 324 g/mol. The van der Waals surface area contributed by atoms with E-state index in [0.29, 0.717) is 17.4 Å². The Hall–Kier alpha value is -0.650. The van der Waals surface area contributed by atoms with Crippen molar-refractivity contribution in [3.8, 4) is 0 Å². The molecule has 1 heterocycles. The molecule has 2 rings (SSSR count). The smallest absolute Gasteiger partial charge is 0.320 e. The molecule has 0 saturated carbocycles. The van der Waals surface area contributed by atoms with E-state index >= 15 is 0 Å². The van der Waals surface area contributed by atoms with E-state index in [0.717, 1.165) is 18.5 Å². The molecule has 1 atom stereocenters. The van der Waals surface area contributed by atoms with Crippen LogP contribution in [-0.4, -0.2) is 28.6 Å². The second-order valence-electron chi connectivity index (χ2n) is 4.20. The molecule has 100 valence electrons. The fourth-order valence-corrected chi connectivity index (χ4v) is 2.64. The first kappa shape index (κ1) is 15.4. The van der Waals surface area contributed by atoms with Crippen molar-refractivity contribution >= 4 is 34.3 Å². The van der Waals surface area contributed by atoms with Crippen molar-refractivity contribution in [3.63, 3.8) is 0 Å². The van der Waals surface area contributed by atoms with E-state index in [1.807, 2.05) is 4.90 Å². The van der Waals surface area contributed by atoms with E-state index in [1.54, 1.807) is 6.07 Å². The molecule has 0 spiro atoms. The average Bonchev–Trinajstić information content (AvgIpc) is 2.70. The van der Waals surface area contributed by atoms with Crippen LogP contribution < -0.4 is 0 Å². The number of likely N-dealkylation sites (tertiary alicyclic amines) is 1. The number of benzene rings is 1. The van der Waals surface area contributed by atoms with Crippen LogP contribution in [0.2, 0.25) is 0 Å². The highest BCUT2D eigenvalue weighted by Crippen LogP contribution is 2.24. The molecule has 0 unspecified atom stereocenters. The average molecular weight is 339 g/mol. The van der Waals surface area contributed by atoms with Crippen molar-refractivity contribution in [1.82, 2.24) is 4.90 Å². The quantitative estimate of drug-likeness (QED) is 0.921. The van der Waals surface area contributed by atoms with Gasteiger partial charge in [0.05, 0.1) is 0 Å². The molecule has 1 saturated heterocycles. The molecule has 6 heteroatoms. The van der Waals surface area contributed by atoms with Gasteiger partial charge in [0.2, 0.25) is 0 Å². The first-order valence-corrected chi connectivity index (χ1v) is 6.28. The van der Waals surface area contributed by atoms with Gasteiger partial charge in [0, 0.05) is 11.0 Å². The highest BCUT2D eigenvalue weighted by Gasteiger charge is 2.30. The first-order valence-electron chi connectivity index (χ1n) is 5.48. The maximum absolute atomic E-state index is 12.9. The van der Waals surface area contributed by atoms with E-state index < -0.39 is 12.0 Å². The molecule has 0 amide bonds. The van der Waals surface area contributed by atoms with E-state index in [-0.39, 0.29) is 18.2 Å². The van der Waals surface area contributed by atoms with Gasteiger partial charge in [-0.2, -0.15) is 0 Å². The SMILES string of the molecule is Cl.O=C(O)[C@H]1CCCN1Cc1ccc(F)cc1Br. The van der Waals surface area contributed by atoms with E-state index in [4.69, 9.17) is 5.11 Å². The number of carboxylic acids is 1. The van der Waals surface area contributed by atoms with Crippen molar-refractivity contribution in [2.45, 2.75) is 25.4 Å². The zero-order chi connectivity index (χ0) is 12.4. The van der Waals surface area contributed by atoms with Crippen LogP contribution in [0.15, 0.2) is 22.7 Å². The minimum atomic E-state index is -0.777. The number of carboxylic acid groups (broad SMARTS) is 1. The van der Waals surface area contributed by atoms with Crippen molar-refractivity contribution in [3.05, 3.63) is 34.1 Å². The summed E-state index contributed by atoms with van der Waals surface area (Å²) in [7, 11) is 0. The first-order chi connectivity index (χ1) is 8.08. The van der Waals surface area contributed by atoms with Crippen LogP contribution in [-0.2, 0) is 11.3 Å². The number of nitrogens with zero attached hydrogens (tertiary/aromatic N) is 1. The maximum atomic E-state index is 12.9. The predicted octanol–water partition coefficient (Wildman–Crippen LogP) is 3.06. The normalized spacial score (nSPS) is 19.6. The summed E-state index contributed by atoms with van der Waals surface area (Å²) in [4.78, 5) is 12.9.